The molecule has 0 radical (unpaired) electrons. The van der Waals surface area contributed by atoms with Gasteiger partial charge in [-0.2, -0.15) is 0 Å². The molecule has 6 heteroatoms. The van der Waals surface area contributed by atoms with Crippen LogP contribution >= 0.6 is 0 Å². The number of amides is 1. The van der Waals surface area contributed by atoms with E-state index in [-0.39, 0.29) is 5.92 Å². The summed E-state index contributed by atoms with van der Waals surface area (Å²) in [6, 6.07) is -1.86. The molecular weight excluding hydrogens is 224 g/mol. The van der Waals surface area contributed by atoms with Gasteiger partial charge in [-0.25, -0.2) is 4.79 Å². The molecule has 0 heterocycles. The van der Waals surface area contributed by atoms with Crippen LogP contribution in [0.2, 0.25) is 0 Å². The SMILES string of the molecule is CCCC(O)C(=O)N[C@@H](C(=O)O)C(N)C(C)C. The maximum atomic E-state index is 11.5. The van der Waals surface area contributed by atoms with Gasteiger partial charge in [-0.1, -0.05) is 27.2 Å². The van der Waals surface area contributed by atoms with Crippen LogP contribution < -0.4 is 11.1 Å². The third-order valence-corrected chi connectivity index (χ3v) is 2.58. The van der Waals surface area contributed by atoms with E-state index in [0.717, 1.165) is 0 Å². The molecule has 0 saturated heterocycles. The zero-order valence-electron chi connectivity index (χ0n) is 10.5. The summed E-state index contributed by atoms with van der Waals surface area (Å²) in [5, 5.41) is 20.7. The van der Waals surface area contributed by atoms with Crippen molar-refractivity contribution in [3.8, 4) is 0 Å². The van der Waals surface area contributed by atoms with Gasteiger partial charge in [-0.3, -0.25) is 4.79 Å². The molecule has 17 heavy (non-hydrogen) atoms. The van der Waals surface area contributed by atoms with E-state index < -0.39 is 30.1 Å². The summed E-state index contributed by atoms with van der Waals surface area (Å²) in [7, 11) is 0. The summed E-state index contributed by atoms with van der Waals surface area (Å²) in [6.45, 7) is 5.37. The Balaban J connectivity index is 4.56. The van der Waals surface area contributed by atoms with Crippen molar-refractivity contribution in [3.05, 3.63) is 0 Å². The van der Waals surface area contributed by atoms with Crippen molar-refractivity contribution in [2.24, 2.45) is 11.7 Å². The van der Waals surface area contributed by atoms with Gasteiger partial charge in [0.2, 0.25) is 5.91 Å². The summed E-state index contributed by atoms with van der Waals surface area (Å²) in [5.41, 5.74) is 5.71. The van der Waals surface area contributed by atoms with Crippen LogP contribution in [-0.2, 0) is 9.59 Å². The van der Waals surface area contributed by atoms with E-state index >= 15 is 0 Å². The second-order valence-electron chi connectivity index (χ2n) is 4.45. The minimum Gasteiger partial charge on any atom is -0.480 e. The average Bonchev–Trinajstić information content (AvgIpc) is 2.24. The van der Waals surface area contributed by atoms with Crippen LogP contribution in [0.25, 0.3) is 0 Å². The molecule has 0 saturated carbocycles. The molecule has 1 amide bonds. The van der Waals surface area contributed by atoms with E-state index in [0.29, 0.717) is 12.8 Å². The Hall–Kier alpha value is -1.14. The van der Waals surface area contributed by atoms with Gasteiger partial charge in [0, 0.05) is 6.04 Å². The number of carboxylic acid groups (broad SMARTS) is 1. The summed E-state index contributed by atoms with van der Waals surface area (Å²) in [5.74, 6) is -1.96. The van der Waals surface area contributed by atoms with E-state index in [2.05, 4.69) is 5.32 Å². The molecule has 0 aromatic rings. The van der Waals surface area contributed by atoms with Crippen LogP contribution in [-0.4, -0.2) is 40.3 Å². The topological polar surface area (TPSA) is 113 Å². The van der Waals surface area contributed by atoms with Crippen LogP contribution in [0.5, 0.6) is 0 Å². The first-order chi connectivity index (χ1) is 7.81. The van der Waals surface area contributed by atoms with E-state index in [1.807, 2.05) is 6.92 Å². The fourth-order valence-electron chi connectivity index (χ4n) is 1.36. The minimum atomic E-state index is -1.19. The Morgan fingerprint density at radius 2 is 1.88 bits per heavy atom. The molecule has 0 rings (SSSR count). The first kappa shape index (κ1) is 15.9. The number of nitrogens with one attached hydrogen (secondary N) is 1. The molecule has 0 aromatic heterocycles. The maximum absolute atomic E-state index is 11.5. The molecule has 0 bridgehead atoms. The molecule has 6 nitrogen and oxygen atoms in total. The molecule has 0 aliphatic rings. The standard InChI is InChI=1S/C11H22N2O4/c1-4-5-7(14)10(15)13-9(11(16)17)8(12)6(2)3/h6-9,14H,4-5,12H2,1-3H3,(H,13,15)(H,16,17)/t7?,8?,9-/m1/s1. The van der Waals surface area contributed by atoms with Crippen molar-refractivity contribution in [2.45, 2.75) is 51.8 Å². The lowest BCUT2D eigenvalue weighted by Gasteiger charge is -2.25. The van der Waals surface area contributed by atoms with Crippen LogP contribution in [0.1, 0.15) is 33.6 Å². The number of hydrogen-bond donors (Lipinski definition) is 4. The van der Waals surface area contributed by atoms with Crippen molar-refractivity contribution in [1.29, 1.82) is 0 Å². The minimum absolute atomic E-state index is 0.0836. The van der Waals surface area contributed by atoms with E-state index in [4.69, 9.17) is 10.8 Å². The zero-order chi connectivity index (χ0) is 13.6. The first-order valence-electron chi connectivity index (χ1n) is 5.78. The van der Waals surface area contributed by atoms with Crippen LogP contribution in [0, 0.1) is 5.92 Å². The van der Waals surface area contributed by atoms with Crippen molar-refractivity contribution < 1.29 is 19.8 Å². The Morgan fingerprint density at radius 1 is 1.35 bits per heavy atom. The van der Waals surface area contributed by atoms with Crippen LogP contribution in [0.4, 0.5) is 0 Å². The number of aliphatic carboxylic acids is 1. The molecule has 0 aliphatic heterocycles. The summed E-state index contributed by atoms with van der Waals surface area (Å²) < 4.78 is 0. The quantitative estimate of drug-likeness (QED) is 0.492. The Morgan fingerprint density at radius 3 is 2.24 bits per heavy atom. The maximum Gasteiger partial charge on any atom is 0.327 e. The van der Waals surface area contributed by atoms with Gasteiger partial charge >= 0.3 is 5.97 Å². The molecule has 100 valence electrons. The Labute approximate surface area is 101 Å². The molecule has 2 unspecified atom stereocenters. The summed E-state index contributed by atoms with van der Waals surface area (Å²) in [4.78, 5) is 22.5. The number of rotatable bonds is 7. The lowest BCUT2D eigenvalue weighted by molar-refractivity contribution is -0.144. The number of carbonyl (C=O) groups is 2. The van der Waals surface area contributed by atoms with Crippen molar-refractivity contribution >= 4 is 11.9 Å². The number of carbonyl (C=O) groups excluding carboxylic acids is 1. The predicted molar refractivity (Wildman–Crippen MR) is 63.3 cm³/mol. The molecule has 5 N–H and O–H groups in total. The molecule has 0 spiro atoms. The third kappa shape index (κ3) is 5.14. The van der Waals surface area contributed by atoms with Gasteiger partial charge in [-0.15, -0.1) is 0 Å². The molecule has 0 fully saturated rings. The number of nitrogens with two attached hydrogens (primary N) is 1. The molecular formula is C11H22N2O4. The van der Waals surface area contributed by atoms with E-state index in [9.17, 15) is 14.7 Å². The van der Waals surface area contributed by atoms with E-state index in [1.54, 1.807) is 13.8 Å². The van der Waals surface area contributed by atoms with Gasteiger partial charge in [0.25, 0.3) is 0 Å². The fourth-order valence-corrected chi connectivity index (χ4v) is 1.36. The summed E-state index contributed by atoms with van der Waals surface area (Å²) >= 11 is 0. The highest BCUT2D eigenvalue weighted by Gasteiger charge is 2.30. The third-order valence-electron chi connectivity index (χ3n) is 2.58. The lowest BCUT2D eigenvalue weighted by Crippen LogP contribution is -2.56. The highest BCUT2D eigenvalue weighted by Crippen LogP contribution is 2.05. The molecule has 3 atom stereocenters. The largest absolute Gasteiger partial charge is 0.480 e. The number of aliphatic hydroxyl groups excluding tert-OH is 1. The highest BCUT2D eigenvalue weighted by atomic mass is 16.4. The molecule has 0 aromatic carbocycles. The zero-order valence-corrected chi connectivity index (χ0v) is 10.5. The summed E-state index contributed by atoms with van der Waals surface area (Å²) in [6.07, 6.45) is -0.237. The second kappa shape index (κ2) is 7.24. The Bertz CT molecular complexity index is 268. The monoisotopic (exact) mass is 246 g/mol. The molecule has 0 aliphatic carbocycles. The van der Waals surface area contributed by atoms with Crippen molar-refractivity contribution in [2.75, 3.05) is 0 Å². The lowest BCUT2D eigenvalue weighted by atomic mass is 9.97. The van der Waals surface area contributed by atoms with Gasteiger partial charge in [0.15, 0.2) is 0 Å². The average molecular weight is 246 g/mol. The second-order valence-corrected chi connectivity index (χ2v) is 4.45. The van der Waals surface area contributed by atoms with Gasteiger partial charge in [0.05, 0.1) is 0 Å². The van der Waals surface area contributed by atoms with Gasteiger partial charge in [0.1, 0.15) is 12.1 Å². The van der Waals surface area contributed by atoms with Crippen LogP contribution in [0.15, 0.2) is 0 Å². The number of hydrogen-bond acceptors (Lipinski definition) is 4. The van der Waals surface area contributed by atoms with Crippen molar-refractivity contribution in [1.82, 2.24) is 5.32 Å². The van der Waals surface area contributed by atoms with Gasteiger partial charge < -0.3 is 21.3 Å². The van der Waals surface area contributed by atoms with Gasteiger partial charge in [-0.05, 0) is 12.3 Å². The Kier molecular flexibility index (Phi) is 6.75. The fraction of sp³-hybridized carbons (Fsp3) is 0.818. The smallest absolute Gasteiger partial charge is 0.327 e. The van der Waals surface area contributed by atoms with E-state index in [1.165, 1.54) is 0 Å². The number of carboxylic acids is 1. The predicted octanol–water partition coefficient (Wildman–Crippen LogP) is -0.300. The van der Waals surface area contributed by atoms with Crippen molar-refractivity contribution in [3.63, 3.8) is 0 Å². The highest BCUT2D eigenvalue weighted by molar-refractivity contribution is 5.86. The first-order valence-corrected chi connectivity index (χ1v) is 5.78. The van der Waals surface area contributed by atoms with Crippen LogP contribution in [0.3, 0.4) is 0 Å². The number of aliphatic hydroxyl groups is 1. The normalized spacial score (nSPS) is 16.4.